The second-order valence-corrected chi connectivity index (χ2v) is 3.52. The summed E-state index contributed by atoms with van der Waals surface area (Å²) in [4.78, 5) is 2.36. The van der Waals surface area contributed by atoms with Crippen LogP contribution in [0.15, 0.2) is 11.6 Å². The molecule has 0 aromatic heterocycles. The van der Waals surface area contributed by atoms with Gasteiger partial charge in [0.1, 0.15) is 0 Å². The van der Waals surface area contributed by atoms with E-state index < -0.39 is 0 Å². The standard InChI is InChI=1S/C5H7As/c1-5-2-3-6-4-5/h2,4H,3H2,1H3. The van der Waals surface area contributed by atoms with Crippen LogP contribution >= 0.6 is 0 Å². The van der Waals surface area contributed by atoms with E-state index in [2.05, 4.69) is 17.8 Å². The van der Waals surface area contributed by atoms with Crippen molar-refractivity contribution in [3.63, 3.8) is 0 Å². The van der Waals surface area contributed by atoms with Gasteiger partial charge in [0.25, 0.3) is 0 Å². The Hall–Kier alpha value is 0.168. The van der Waals surface area contributed by atoms with Crippen molar-refractivity contribution < 1.29 is 0 Å². The number of allylic oxidation sites excluding steroid dienone is 2. The van der Waals surface area contributed by atoms with E-state index in [-0.39, 0.29) is 0 Å². The first-order valence-electron chi connectivity index (χ1n) is 2.06. The quantitative estimate of drug-likeness (QED) is 0.440. The second-order valence-electron chi connectivity index (χ2n) is 1.44. The zero-order valence-corrected chi connectivity index (χ0v) is 5.69. The van der Waals surface area contributed by atoms with Crippen LogP contribution in [0.4, 0.5) is 0 Å². The van der Waals surface area contributed by atoms with Crippen molar-refractivity contribution >= 4 is 20.1 Å². The molecule has 0 saturated heterocycles. The van der Waals surface area contributed by atoms with E-state index in [1.807, 2.05) is 0 Å². The van der Waals surface area contributed by atoms with Crippen LogP contribution in [0.2, 0.25) is 5.21 Å². The molecule has 1 aliphatic heterocycles. The molecule has 1 heterocycles. The van der Waals surface area contributed by atoms with Gasteiger partial charge in [0.05, 0.1) is 0 Å². The molecule has 0 nitrogen and oxygen atoms in total. The van der Waals surface area contributed by atoms with Crippen LogP contribution in [0.25, 0.3) is 0 Å². The van der Waals surface area contributed by atoms with Crippen LogP contribution in [0, 0.1) is 0 Å². The van der Waals surface area contributed by atoms with Crippen LogP contribution in [0.5, 0.6) is 0 Å². The Morgan fingerprint density at radius 3 is 2.83 bits per heavy atom. The normalized spacial score (nSPS) is 21.2. The minimum atomic E-state index is 0.600. The Balaban J connectivity index is 2.68. The van der Waals surface area contributed by atoms with Gasteiger partial charge >= 0.3 is 43.9 Å². The summed E-state index contributed by atoms with van der Waals surface area (Å²) in [5, 5.41) is 1.36. The molecule has 0 aliphatic carbocycles. The molecular formula is C5H7As. The third kappa shape index (κ3) is 0.814. The van der Waals surface area contributed by atoms with Crippen LogP contribution in [-0.4, -0.2) is 20.1 Å². The molecule has 1 aliphatic rings. The zero-order chi connectivity index (χ0) is 4.41. The molecule has 0 unspecified atom stereocenters. The van der Waals surface area contributed by atoms with Gasteiger partial charge in [-0.1, -0.05) is 0 Å². The molecule has 0 fully saturated rings. The first-order chi connectivity index (χ1) is 2.89. The van der Waals surface area contributed by atoms with Crippen LogP contribution in [-0.2, 0) is 0 Å². The van der Waals surface area contributed by atoms with E-state index in [9.17, 15) is 0 Å². The first-order valence-corrected chi connectivity index (χ1v) is 4.47. The summed E-state index contributed by atoms with van der Waals surface area (Å²) in [5.74, 6) is 0. The molecule has 0 aromatic rings. The SMILES string of the molecule is CC1=CC[As]=C1. The summed E-state index contributed by atoms with van der Waals surface area (Å²) < 4.78 is 0. The van der Waals surface area contributed by atoms with Crippen molar-refractivity contribution in [2.45, 2.75) is 12.1 Å². The third-order valence-corrected chi connectivity index (χ3v) is 2.88. The molecule has 0 aromatic carbocycles. The van der Waals surface area contributed by atoms with Crippen molar-refractivity contribution in [2.24, 2.45) is 0 Å². The summed E-state index contributed by atoms with van der Waals surface area (Å²) in [6.45, 7) is 2.17. The van der Waals surface area contributed by atoms with Crippen molar-refractivity contribution in [3.8, 4) is 0 Å². The van der Waals surface area contributed by atoms with Gasteiger partial charge in [-0.25, -0.2) is 0 Å². The summed E-state index contributed by atoms with van der Waals surface area (Å²) >= 11 is 0.600. The molecule has 0 radical (unpaired) electrons. The predicted octanol–water partition coefficient (Wildman–Crippen LogP) is 0.871. The number of rotatable bonds is 0. The Morgan fingerprint density at radius 2 is 2.67 bits per heavy atom. The van der Waals surface area contributed by atoms with Crippen LogP contribution < -0.4 is 0 Å². The van der Waals surface area contributed by atoms with Gasteiger partial charge in [-0.15, -0.1) is 0 Å². The molecule has 0 atom stereocenters. The fourth-order valence-electron chi connectivity index (χ4n) is 0.446. The Morgan fingerprint density at radius 1 is 1.83 bits per heavy atom. The number of hydrogen-bond acceptors (Lipinski definition) is 0. The summed E-state index contributed by atoms with van der Waals surface area (Å²) in [6, 6.07) is 0. The van der Waals surface area contributed by atoms with Gasteiger partial charge in [-0.2, -0.15) is 0 Å². The molecule has 1 rings (SSSR count). The third-order valence-electron chi connectivity index (χ3n) is 0.814. The average molecular weight is 142 g/mol. The summed E-state index contributed by atoms with van der Waals surface area (Å²) in [7, 11) is 0. The minimum absolute atomic E-state index is 0.600. The molecule has 0 saturated carbocycles. The van der Waals surface area contributed by atoms with Gasteiger partial charge < -0.3 is 0 Å². The Labute approximate surface area is 44.5 Å². The molecule has 0 spiro atoms. The zero-order valence-electron chi connectivity index (χ0n) is 3.81. The van der Waals surface area contributed by atoms with E-state index in [1.165, 1.54) is 10.8 Å². The fraction of sp³-hybridized carbons (Fsp3) is 0.400. The average Bonchev–Trinajstić information content (AvgIpc) is 1.86. The van der Waals surface area contributed by atoms with Crippen molar-refractivity contribution in [1.82, 2.24) is 0 Å². The molecule has 32 valence electrons. The molecule has 6 heavy (non-hydrogen) atoms. The van der Waals surface area contributed by atoms with Gasteiger partial charge in [-0.05, 0) is 0 Å². The van der Waals surface area contributed by atoms with E-state index >= 15 is 0 Å². The predicted molar refractivity (Wildman–Crippen MR) is 30.4 cm³/mol. The van der Waals surface area contributed by atoms with Crippen LogP contribution in [0.1, 0.15) is 6.92 Å². The molecule has 0 amide bonds. The maximum atomic E-state index is 2.36. The van der Waals surface area contributed by atoms with Gasteiger partial charge in [-0.3, -0.25) is 0 Å². The van der Waals surface area contributed by atoms with E-state index in [0.29, 0.717) is 15.3 Å². The maximum absolute atomic E-state index is 2.36. The topological polar surface area (TPSA) is 0 Å². The molecular weight excluding hydrogens is 135 g/mol. The van der Waals surface area contributed by atoms with Crippen molar-refractivity contribution in [3.05, 3.63) is 11.6 Å². The van der Waals surface area contributed by atoms with Gasteiger partial charge in [0, 0.05) is 0 Å². The summed E-state index contributed by atoms with van der Waals surface area (Å²) in [6.07, 6.45) is 2.31. The Bertz CT molecular complexity index is 97.8. The van der Waals surface area contributed by atoms with Crippen LogP contribution in [0.3, 0.4) is 0 Å². The number of hydrogen-bond donors (Lipinski definition) is 0. The molecule has 1 heteroatoms. The van der Waals surface area contributed by atoms with Gasteiger partial charge in [0.2, 0.25) is 0 Å². The molecule has 0 bridgehead atoms. The first kappa shape index (κ1) is 4.33. The van der Waals surface area contributed by atoms with Gasteiger partial charge in [0.15, 0.2) is 0 Å². The van der Waals surface area contributed by atoms with E-state index in [4.69, 9.17) is 0 Å². The second kappa shape index (κ2) is 1.75. The monoisotopic (exact) mass is 142 g/mol. The Kier molecular flexibility index (Phi) is 1.26. The summed E-state index contributed by atoms with van der Waals surface area (Å²) in [5.41, 5.74) is 1.50. The van der Waals surface area contributed by atoms with E-state index in [1.54, 1.807) is 0 Å². The fourth-order valence-corrected chi connectivity index (χ4v) is 2.32. The van der Waals surface area contributed by atoms with E-state index in [0.717, 1.165) is 0 Å². The molecule has 0 N–H and O–H groups in total. The van der Waals surface area contributed by atoms with Crippen molar-refractivity contribution in [1.29, 1.82) is 0 Å². The van der Waals surface area contributed by atoms with Crippen molar-refractivity contribution in [2.75, 3.05) is 0 Å².